The third kappa shape index (κ3) is 1.64. The lowest BCUT2D eigenvalue weighted by Crippen LogP contribution is -2.17. The van der Waals surface area contributed by atoms with Crippen LogP contribution in [0, 0.1) is 11.6 Å². The maximum absolute atomic E-state index is 12.7. The van der Waals surface area contributed by atoms with Gasteiger partial charge in [-0.1, -0.05) is 5.46 Å². The van der Waals surface area contributed by atoms with E-state index >= 15 is 0 Å². The van der Waals surface area contributed by atoms with Crippen LogP contribution in [0.25, 0.3) is 0 Å². The van der Waals surface area contributed by atoms with Gasteiger partial charge in [-0.15, -0.1) is 0 Å². The standard InChI is InChI=1S/C8H7BF2O/c1-4(12)6-2-5(10)3-7(11)8(6)9/h2-4,12H,1H3/t4-/m1/s1. The Morgan fingerprint density at radius 2 is 2.00 bits per heavy atom. The van der Waals surface area contributed by atoms with E-state index in [1.54, 1.807) is 0 Å². The first-order valence-electron chi connectivity index (χ1n) is 3.45. The van der Waals surface area contributed by atoms with Crippen LogP contribution >= 0.6 is 0 Å². The van der Waals surface area contributed by atoms with Gasteiger partial charge in [0.25, 0.3) is 0 Å². The van der Waals surface area contributed by atoms with E-state index < -0.39 is 17.7 Å². The van der Waals surface area contributed by atoms with Gasteiger partial charge in [-0.25, -0.2) is 8.78 Å². The lowest BCUT2D eigenvalue weighted by atomic mass is 9.88. The molecule has 0 amide bonds. The molecule has 0 fully saturated rings. The molecular formula is C8H7BF2O. The maximum atomic E-state index is 12.7. The summed E-state index contributed by atoms with van der Waals surface area (Å²) in [4.78, 5) is 0. The van der Waals surface area contributed by atoms with Gasteiger partial charge in [0.2, 0.25) is 0 Å². The Balaban J connectivity index is 3.28. The van der Waals surface area contributed by atoms with Crippen molar-refractivity contribution >= 4 is 13.3 Å². The largest absolute Gasteiger partial charge is 0.389 e. The Labute approximate surface area is 70.4 Å². The quantitative estimate of drug-likeness (QED) is 0.615. The van der Waals surface area contributed by atoms with E-state index in [4.69, 9.17) is 13.0 Å². The Bertz CT molecular complexity index is 299. The second kappa shape index (κ2) is 3.23. The van der Waals surface area contributed by atoms with Gasteiger partial charge in [0.15, 0.2) is 0 Å². The molecule has 0 bridgehead atoms. The highest BCUT2D eigenvalue weighted by atomic mass is 19.1. The molecule has 0 spiro atoms. The number of hydrogen-bond donors (Lipinski definition) is 1. The number of aliphatic hydroxyl groups is 1. The molecule has 0 heterocycles. The van der Waals surface area contributed by atoms with E-state index in [0.29, 0.717) is 6.07 Å². The lowest BCUT2D eigenvalue weighted by molar-refractivity contribution is 0.199. The fourth-order valence-corrected chi connectivity index (χ4v) is 0.950. The van der Waals surface area contributed by atoms with Crippen molar-refractivity contribution in [1.29, 1.82) is 0 Å². The van der Waals surface area contributed by atoms with E-state index in [1.165, 1.54) is 6.92 Å². The molecule has 62 valence electrons. The van der Waals surface area contributed by atoms with Crippen molar-refractivity contribution < 1.29 is 13.9 Å². The number of halogens is 2. The predicted octanol–water partition coefficient (Wildman–Crippen LogP) is 0.812. The number of rotatable bonds is 1. The van der Waals surface area contributed by atoms with Crippen molar-refractivity contribution in [2.75, 3.05) is 0 Å². The molecule has 0 saturated heterocycles. The van der Waals surface area contributed by atoms with Crippen LogP contribution in [0.2, 0.25) is 0 Å². The third-order valence-corrected chi connectivity index (χ3v) is 1.58. The molecule has 0 saturated carbocycles. The van der Waals surface area contributed by atoms with Crippen molar-refractivity contribution in [3.63, 3.8) is 0 Å². The first kappa shape index (κ1) is 9.19. The van der Waals surface area contributed by atoms with Crippen LogP contribution in [0.1, 0.15) is 18.6 Å². The number of benzene rings is 1. The van der Waals surface area contributed by atoms with Crippen molar-refractivity contribution in [1.82, 2.24) is 0 Å². The van der Waals surface area contributed by atoms with Crippen LogP contribution in [0.15, 0.2) is 12.1 Å². The zero-order valence-corrected chi connectivity index (χ0v) is 6.51. The molecule has 1 rings (SSSR count). The molecule has 1 atom stereocenters. The maximum Gasteiger partial charge on any atom is 0.126 e. The minimum Gasteiger partial charge on any atom is -0.389 e. The van der Waals surface area contributed by atoms with E-state index in [-0.39, 0.29) is 11.0 Å². The average molecular weight is 168 g/mol. The SMILES string of the molecule is [B]c1c(F)cc(F)cc1[C@@H](C)O. The van der Waals surface area contributed by atoms with E-state index in [2.05, 4.69) is 0 Å². The van der Waals surface area contributed by atoms with Gasteiger partial charge in [0, 0.05) is 6.07 Å². The normalized spacial score (nSPS) is 13.0. The topological polar surface area (TPSA) is 20.2 Å². The Kier molecular flexibility index (Phi) is 2.47. The molecule has 12 heavy (non-hydrogen) atoms. The fraction of sp³-hybridized carbons (Fsp3) is 0.250. The lowest BCUT2D eigenvalue weighted by Gasteiger charge is -2.09. The smallest absolute Gasteiger partial charge is 0.126 e. The van der Waals surface area contributed by atoms with E-state index in [9.17, 15) is 8.78 Å². The molecule has 1 N–H and O–H groups in total. The molecule has 0 aliphatic carbocycles. The predicted molar refractivity (Wildman–Crippen MR) is 42.4 cm³/mol. The van der Waals surface area contributed by atoms with Gasteiger partial charge in [0.05, 0.1) is 6.10 Å². The summed E-state index contributed by atoms with van der Waals surface area (Å²) in [6.07, 6.45) is -0.963. The summed E-state index contributed by atoms with van der Waals surface area (Å²) in [5.41, 5.74) is -0.126. The number of aliphatic hydroxyl groups excluding tert-OH is 1. The van der Waals surface area contributed by atoms with Gasteiger partial charge >= 0.3 is 0 Å². The molecule has 0 unspecified atom stereocenters. The highest BCUT2D eigenvalue weighted by Gasteiger charge is 2.10. The summed E-state index contributed by atoms with van der Waals surface area (Å²) in [5.74, 6) is -1.58. The molecular weight excluding hydrogens is 161 g/mol. The molecule has 1 aromatic rings. The second-order valence-electron chi connectivity index (χ2n) is 2.57. The van der Waals surface area contributed by atoms with Crippen molar-refractivity contribution in [2.45, 2.75) is 13.0 Å². The first-order valence-corrected chi connectivity index (χ1v) is 3.45. The minimum absolute atomic E-state index is 0.0764. The summed E-state index contributed by atoms with van der Waals surface area (Å²) in [7, 11) is 5.25. The van der Waals surface area contributed by atoms with Gasteiger partial charge < -0.3 is 5.11 Å². The molecule has 0 aliphatic heterocycles. The van der Waals surface area contributed by atoms with Crippen LogP contribution in [-0.2, 0) is 0 Å². The highest BCUT2D eigenvalue weighted by Crippen LogP contribution is 2.12. The molecule has 1 aromatic carbocycles. The summed E-state index contributed by atoms with van der Waals surface area (Å²) >= 11 is 0. The van der Waals surface area contributed by atoms with Crippen LogP contribution in [0.4, 0.5) is 8.78 Å². The summed E-state index contributed by atoms with van der Waals surface area (Å²) in [6.45, 7) is 1.39. The van der Waals surface area contributed by atoms with E-state index in [1.807, 2.05) is 0 Å². The van der Waals surface area contributed by atoms with Crippen LogP contribution in [0.3, 0.4) is 0 Å². The summed E-state index contributed by atoms with van der Waals surface area (Å²) in [6, 6.07) is 1.70. The summed E-state index contributed by atoms with van der Waals surface area (Å²) in [5, 5.41) is 9.04. The third-order valence-electron chi connectivity index (χ3n) is 1.58. The Hall–Kier alpha value is -0.895. The van der Waals surface area contributed by atoms with E-state index in [0.717, 1.165) is 6.07 Å². The van der Waals surface area contributed by atoms with Crippen LogP contribution in [0.5, 0.6) is 0 Å². The van der Waals surface area contributed by atoms with Gasteiger partial charge in [0.1, 0.15) is 19.5 Å². The van der Waals surface area contributed by atoms with Gasteiger partial charge in [-0.2, -0.15) is 0 Å². The second-order valence-corrected chi connectivity index (χ2v) is 2.57. The zero-order valence-electron chi connectivity index (χ0n) is 6.51. The molecule has 0 aliphatic rings. The average Bonchev–Trinajstić information content (AvgIpc) is 1.96. The van der Waals surface area contributed by atoms with Crippen molar-refractivity contribution in [2.24, 2.45) is 0 Å². The van der Waals surface area contributed by atoms with Crippen molar-refractivity contribution in [3.8, 4) is 0 Å². The van der Waals surface area contributed by atoms with Gasteiger partial charge in [-0.05, 0) is 18.6 Å². The molecule has 4 heteroatoms. The fourth-order valence-electron chi connectivity index (χ4n) is 0.950. The Morgan fingerprint density at radius 3 is 2.50 bits per heavy atom. The summed E-state index contributed by atoms with van der Waals surface area (Å²) < 4.78 is 25.3. The Morgan fingerprint density at radius 1 is 1.42 bits per heavy atom. The molecule has 2 radical (unpaired) electrons. The highest BCUT2D eigenvalue weighted by molar-refractivity contribution is 6.33. The van der Waals surface area contributed by atoms with Crippen molar-refractivity contribution in [3.05, 3.63) is 29.3 Å². The number of hydrogen-bond acceptors (Lipinski definition) is 1. The monoisotopic (exact) mass is 168 g/mol. The first-order chi connectivity index (χ1) is 5.52. The van der Waals surface area contributed by atoms with Crippen LogP contribution < -0.4 is 5.46 Å². The molecule has 1 nitrogen and oxygen atoms in total. The van der Waals surface area contributed by atoms with Gasteiger partial charge in [-0.3, -0.25) is 0 Å². The minimum atomic E-state index is -0.963. The zero-order chi connectivity index (χ0) is 9.30. The molecule has 0 aromatic heterocycles. The van der Waals surface area contributed by atoms with Crippen LogP contribution in [-0.4, -0.2) is 13.0 Å².